The number of benzene rings is 1. The van der Waals surface area contributed by atoms with Gasteiger partial charge in [-0.2, -0.15) is 0 Å². The largest absolute Gasteiger partial charge is 0.496 e. The molecule has 0 spiro atoms. The average Bonchev–Trinajstić information content (AvgIpc) is 2.96. The lowest BCUT2D eigenvalue weighted by atomic mass is 9.98. The molecule has 5 nitrogen and oxygen atoms in total. The monoisotopic (exact) mass is 286 g/mol. The highest BCUT2D eigenvalue weighted by molar-refractivity contribution is 5.73. The molecule has 1 unspecified atom stereocenters. The van der Waals surface area contributed by atoms with E-state index < -0.39 is 0 Å². The van der Waals surface area contributed by atoms with E-state index in [9.17, 15) is 4.79 Å². The molecule has 3 rings (SSSR count). The van der Waals surface area contributed by atoms with E-state index in [4.69, 9.17) is 9.47 Å². The molecule has 2 aromatic rings. The molecule has 0 saturated heterocycles. The number of carbonyl (C=O) groups is 1. The number of aromatic nitrogens is 2. The van der Waals surface area contributed by atoms with Crippen molar-refractivity contribution in [3.05, 3.63) is 36.2 Å². The second kappa shape index (κ2) is 5.60. The van der Waals surface area contributed by atoms with Gasteiger partial charge in [-0.3, -0.25) is 4.79 Å². The molecule has 21 heavy (non-hydrogen) atoms. The van der Waals surface area contributed by atoms with Gasteiger partial charge in [-0.05, 0) is 25.0 Å². The minimum atomic E-state index is -0.152. The molecule has 0 radical (unpaired) electrons. The zero-order chi connectivity index (χ0) is 14.8. The van der Waals surface area contributed by atoms with Crippen LogP contribution in [0.15, 0.2) is 30.5 Å². The normalized spacial score (nSPS) is 17.1. The summed E-state index contributed by atoms with van der Waals surface area (Å²) in [6, 6.07) is 7.79. The lowest BCUT2D eigenvalue weighted by Gasteiger charge is -2.24. The molecule has 110 valence electrons. The summed E-state index contributed by atoms with van der Waals surface area (Å²) >= 11 is 0. The number of esters is 1. The summed E-state index contributed by atoms with van der Waals surface area (Å²) in [5.41, 5.74) is 2.09. The molecule has 0 fully saturated rings. The molecule has 0 aliphatic carbocycles. The maximum absolute atomic E-state index is 11.8. The van der Waals surface area contributed by atoms with Crippen molar-refractivity contribution in [3.8, 4) is 17.1 Å². The van der Waals surface area contributed by atoms with Crippen molar-refractivity contribution < 1.29 is 14.3 Å². The molecule has 0 amide bonds. The minimum Gasteiger partial charge on any atom is -0.496 e. The molecule has 1 aromatic carbocycles. The molecular weight excluding hydrogens is 268 g/mol. The fourth-order valence-electron chi connectivity index (χ4n) is 2.85. The fourth-order valence-corrected chi connectivity index (χ4v) is 2.85. The Morgan fingerprint density at radius 3 is 2.90 bits per heavy atom. The zero-order valence-electron chi connectivity index (χ0n) is 12.2. The van der Waals surface area contributed by atoms with Crippen LogP contribution in [0.1, 0.15) is 12.1 Å². The molecule has 0 N–H and O–H groups in total. The molecule has 1 aliphatic rings. The summed E-state index contributed by atoms with van der Waals surface area (Å²) in [5, 5.41) is 0. The van der Waals surface area contributed by atoms with Gasteiger partial charge in [0.1, 0.15) is 11.6 Å². The quantitative estimate of drug-likeness (QED) is 0.812. The standard InChI is InChI=1S/C16H18N2O3/c1-20-14-6-4-3-5-13(14)15-17-9-12-8-7-11(10-18(12)15)16(19)21-2/h3-6,9,11H,7-8,10H2,1-2H3. The van der Waals surface area contributed by atoms with Crippen molar-refractivity contribution in [2.45, 2.75) is 19.4 Å². The Labute approximate surface area is 123 Å². The smallest absolute Gasteiger partial charge is 0.310 e. The zero-order valence-corrected chi connectivity index (χ0v) is 12.2. The lowest BCUT2D eigenvalue weighted by Crippen LogP contribution is -2.27. The topological polar surface area (TPSA) is 53.4 Å². The molecule has 1 atom stereocenters. The Kier molecular flexibility index (Phi) is 3.64. The number of para-hydroxylation sites is 1. The van der Waals surface area contributed by atoms with Gasteiger partial charge in [0.15, 0.2) is 0 Å². The first-order chi connectivity index (χ1) is 10.2. The van der Waals surface area contributed by atoms with Crippen molar-refractivity contribution in [2.24, 2.45) is 5.92 Å². The van der Waals surface area contributed by atoms with Crippen molar-refractivity contribution in [1.82, 2.24) is 9.55 Å². The number of fused-ring (bicyclic) bond motifs is 1. The van der Waals surface area contributed by atoms with Crippen LogP contribution >= 0.6 is 0 Å². The second-order valence-corrected chi connectivity index (χ2v) is 5.14. The predicted octanol–water partition coefficient (Wildman–Crippen LogP) is 2.29. The summed E-state index contributed by atoms with van der Waals surface area (Å²) < 4.78 is 12.4. The van der Waals surface area contributed by atoms with Crippen LogP contribution in [0.25, 0.3) is 11.4 Å². The molecule has 2 heterocycles. The van der Waals surface area contributed by atoms with E-state index in [1.807, 2.05) is 30.5 Å². The number of aryl methyl sites for hydroxylation is 1. The van der Waals surface area contributed by atoms with E-state index in [1.54, 1.807) is 7.11 Å². The third kappa shape index (κ3) is 2.39. The first-order valence-electron chi connectivity index (χ1n) is 7.00. The number of ether oxygens (including phenoxy) is 2. The van der Waals surface area contributed by atoms with Gasteiger partial charge >= 0.3 is 5.97 Å². The highest BCUT2D eigenvalue weighted by Crippen LogP contribution is 2.32. The molecule has 0 saturated carbocycles. The SMILES string of the molecule is COC(=O)C1CCc2cnc(-c3ccccc3OC)n2C1. The minimum absolute atomic E-state index is 0.106. The number of nitrogens with zero attached hydrogens (tertiary/aromatic N) is 2. The van der Waals surface area contributed by atoms with E-state index in [0.717, 1.165) is 35.7 Å². The van der Waals surface area contributed by atoms with Crippen LogP contribution < -0.4 is 4.74 Å². The highest BCUT2D eigenvalue weighted by atomic mass is 16.5. The number of imidazole rings is 1. The average molecular weight is 286 g/mol. The van der Waals surface area contributed by atoms with Crippen molar-refractivity contribution >= 4 is 5.97 Å². The number of hydrogen-bond acceptors (Lipinski definition) is 4. The Balaban J connectivity index is 2.00. The number of carbonyl (C=O) groups excluding carboxylic acids is 1. The third-order valence-corrected chi connectivity index (χ3v) is 3.97. The Bertz CT molecular complexity index is 663. The van der Waals surface area contributed by atoms with Crippen LogP contribution in [-0.4, -0.2) is 29.7 Å². The van der Waals surface area contributed by atoms with Crippen LogP contribution in [-0.2, 0) is 22.5 Å². The summed E-state index contributed by atoms with van der Waals surface area (Å²) in [6.07, 6.45) is 3.53. The van der Waals surface area contributed by atoms with E-state index in [1.165, 1.54) is 7.11 Å². The van der Waals surface area contributed by atoms with E-state index in [-0.39, 0.29) is 11.9 Å². The van der Waals surface area contributed by atoms with Gasteiger partial charge in [0, 0.05) is 18.4 Å². The van der Waals surface area contributed by atoms with Crippen molar-refractivity contribution in [3.63, 3.8) is 0 Å². The molecule has 0 bridgehead atoms. The molecule has 5 heteroatoms. The maximum Gasteiger partial charge on any atom is 0.310 e. The Hall–Kier alpha value is -2.30. The van der Waals surface area contributed by atoms with Crippen molar-refractivity contribution in [1.29, 1.82) is 0 Å². The second-order valence-electron chi connectivity index (χ2n) is 5.14. The van der Waals surface area contributed by atoms with E-state index in [0.29, 0.717) is 6.54 Å². The molecular formula is C16H18N2O3. The number of rotatable bonds is 3. The maximum atomic E-state index is 11.8. The number of hydrogen-bond donors (Lipinski definition) is 0. The van der Waals surface area contributed by atoms with Gasteiger partial charge < -0.3 is 14.0 Å². The first kappa shape index (κ1) is 13.7. The van der Waals surface area contributed by atoms with Gasteiger partial charge in [-0.1, -0.05) is 12.1 Å². The van der Waals surface area contributed by atoms with Crippen molar-refractivity contribution in [2.75, 3.05) is 14.2 Å². The van der Waals surface area contributed by atoms with Crippen LogP contribution in [0.3, 0.4) is 0 Å². The van der Waals surface area contributed by atoms with Crippen LogP contribution in [0, 0.1) is 5.92 Å². The van der Waals surface area contributed by atoms with Gasteiger partial charge in [-0.15, -0.1) is 0 Å². The van der Waals surface area contributed by atoms with E-state index in [2.05, 4.69) is 9.55 Å². The summed E-state index contributed by atoms with van der Waals surface area (Å²) in [7, 11) is 3.09. The van der Waals surface area contributed by atoms with Gasteiger partial charge in [0.25, 0.3) is 0 Å². The first-order valence-corrected chi connectivity index (χ1v) is 7.00. The lowest BCUT2D eigenvalue weighted by molar-refractivity contribution is -0.146. The van der Waals surface area contributed by atoms with Crippen LogP contribution in [0.2, 0.25) is 0 Å². The Morgan fingerprint density at radius 1 is 1.33 bits per heavy atom. The van der Waals surface area contributed by atoms with Crippen LogP contribution in [0.4, 0.5) is 0 Å². The summed E-state index contributed by atoms with van der Waals surface area (Å²) in [6.45, 7) is 0.607. The summed E-state index contributed by atoms with van der Waals surface area (Å²) in [4.78, 5) is 16.3. The fraction of sp³-hybridized carbons (Fsp3) is 0.375. The molecule has 1 aliphatic heterocycles. The van der Waals surface area contributed by atoms with Gasteiger partial charge in [0.05, 0.1) is 25.7 Å². The van der Waals surface area contributed by atoms with Gasteiger partial charge in [0.2, 0.25) is 0 Å². The highest BCUT2D eigenvalue weighted by Gasteiger charge is 2.28. The molecule has 1 aromatic heterocycles. The van der Waals surface area contributed by atoms with Crippen LogP contribution in [0.5, 0.6) is 5.75 Å². The van der Waals surface area contributed by atoms with E-state index >= 15 is 0 Å². The Morgan fingerprint density at radius 2 is 2.14 bits per heavy atom. The summed E-state index contributed by atoms with van der Waals surface area (Å²) in [5.74, 6) is 1.37. The van der Waals surface area contributed by atoms with Gasteiger partial charge in [-0.25, -0.2) is 4.98 Å². The third-order valence-electron chi connectivity index (χ3n) is 3.97. The predicted molar refractivity (Wildman–Crippen MR) is 78.0 cm³/mol. The number of methoxy groups -OCH3 is 2.